The molecule has 2 atom stereocenters. The third-order valence-corrected chi connectivity index (χ3v) is 4.26. The van der Waals surface area contributed by atoms with E-state index in [1.807, 2.05) is 31.2 Å². The van der Waals surface area contributed by atoms with Crippen LogP contribution in [0.3, 0.4) is 0 Å². The first-order valence-electron chi connectivity index (χ1n) is 8.16. The van der Waals surface area contributed by atoms with Gasteiger partial charge in [0.1, 0.15) is 11.3 Å². The molecule has 1 fully saturated rings. The summed E-state index contributed by atoms with van der Waals surface area (Å²) in [5.41, 5.74) is 1.40. The molecule has 1 heterocycles. The number of nitrogens with zero attached hydrogens (tertiary/aromatic N) is 1. The van der Waals surface area contributed by atoms with Gasteiger partial charge in [-0.05, 0) is 43.9 Å². The van der Waals surface area contributed by atoms with Gasteiger partial charge < -0.3 is 15.4 Å². The second-order valence-corrected chi connectivity index (χ2v) is 6.38. The second-order valence-electron chi connectivity index (χ2n) is 6.38. The smallest absolute Gasteiger partial charge is 0.269 e. The van der Waals surface area contributed by atoms with Crippen LogP contribution >= 0.6 is 0 Å². The molecule has 2 aromatic rings. The van der Waals surface area contributed by atoms with Crippen LogP contribution < -0.4 is 5.32 Å². The van der Waals surface area contributed by atoms with Crippen molar-refractivity contribution in [2.75, 3.05) is 0 Å². The molecule has 1 aliphatic carbocycles. The summed E-state index contributed by atoms with van der Waals surface area (Å²) in [4.78, 5) is 18.7. The molecule has 1 aromatic heterocycles. The topological polar surface area (TPSA) is 78.0 Å². The number of carbonyl (C=O) groups is 1. The molecule has 5 heteroatoms. The van der Waals surface area contributed by atoms with Crippen LogP contribution in [-0.4, -0.2) is 32.6 Å². The van der Waals surface area contributed by atoms with Crippen LogP contribution in [0.15, 0.2) is 36.8 Å². The largest absolute Gasteiger partial charge is 0.378 e. The second kappa shape index (κ2) is 6.90. The quantitative estimate of drug-likeness (QED) is 0.741. The first kappa shape index (κ1) is 16.3. The molecule has 1 aliphatic rings. The first-order valence-corrected chi connectivity index (χ1v) is 8.16. The van der Waals surface area contributed by atoms with Crippen molar-refractivity contribution in [3.8, 4) is 11.8 Å². The van der Waals surface area contributed by atoms with Crippen molar-refractivity contribution in [1.82, 2.24) is 15.3 Å². The molecule has 0 spiro atoms. The fraction of sp³-hybridized carbons (Fsp3) is 0.368. The van der Waals surface area contributed by atoms with Gasteiger partial charge >= 0.3 is 0 Å². The van der Waals surface area contributed by atoms with Gasteiger partial charge in [-0.25, -0.2) is 4.98 Å². The summed E-state index contributed by atoms with van der Waals surface area (Å²) >= 11 is 0. The predicted molar refractivity (Wildman–Crippen MR) is 91.3 cm³/mol. The average molecular weight is 323 g/mol. The van der Waals surface area contributed by atoms with Crippen LogP contribution in [0.4, 0.5) is 0 Å². The minimum absolute atomic E-state index is 0.0913. The number of amides is 1. The third-order valence-electron chi connectivity index (χ3n) is 4.26. The maximum atomic E-state index is 12.1. The Balaban J connectivity index is 1.67. The van der Waals surface area contributed by atoms with E-state index < -0.39 is 5.60 Å². The number of benzene rings is 1. The molecule has 1 amide bonds. The minimum Gasteiger partial charge on any atom is -0.378 e. The molecule has 0 radical (unpaired) electrons. The summed E-state index contributed by atoms with van der Waals surface area (Å²) in [6.45, 7) is 2.02. The summed E-state index contributed by atoms with van der Waals surface area (Å²) in [6, 6.07) is 7.81. The highest BCUT2D eigenvalue weighted by molar-refractivity contribution is 5.92. The van der Waals surface area contributed by atoms with Gasteiger partial charge in [0.15, 0.2) is 0 Å². The number of aromatic nitrogens is 2. The van der Waals surface area contributed by atoms with Gasteiger partial charge in [0, 0.05) is 18.0 Å². The maximum Gasteiger partial charge on any atom is 0.269 e. The normalized spacial score (nSPS) is 23.2. The van der Waals surface area contributed by atoms with Crippen LogP contribution in [0, 0.1) is 18.8 Å². The van der Waals surface area contributed by atoms with Gasteiger partial charge in [-0.2, -0.15) is 0 Å². The third kappa shape index (κ3) is 4.03. The first-order chi connectivity index (χ1) is 11.5. The summed E-state index contributed by atoms with van der Waals surface area (Å²) < 4.78 is 0. The van der Waals surface area contributed by atoms with Gasteiger partial charge in [0.05, 0.1) is 12.5 Å². The van der Waals surface area contributed by atoms with Gasteiger partial charge in [-0.1, -0.05) is 24.0 Å². The van der Waals surface area contributed by atoms with E-state index in [0.717, 1.165) is 24.0 Å². The van der Waals surface area contributed by atoms with Crippen molar-refractivity contribution in [2.45, 2.75) is 44.2 Å². The van der Waals surface area contributed by atoms with Crippen LogP contribution in [0.25, 0.3) is 0 Å². The molecule has 124 valence electrons. The number of hydrogen-bond donors (Lipinski definition) is 3. The molecule has 5 nitrogen and oxygen atoms in total. The van der Waals surface area contributed by atoms with E-state index in [2.05, 4.69) is 27.1 Å². The molecular weight excluding hydrogens is 302 g/mol. The zero-order valence-electron chi connectivity index (χ0n) is 13.7. The van der Waals surface area contributed by atoms with E-state index in [4.69, 9.17) is 0 Å². The Labute approximate surface area is 141 Å². The molecule has 0 saturated heterocycles. The Morgan fingerprint density at radius 1 is 1.50 bits per heavy atom. The number of hydrogen-bond acceptors (Lipinski definition) is 3. The van der Waals surface area contributed by atoms with Gasteiger partial charge in [-0.3, -0.25) is 4.79 Å². The monoisotopic (exact) mass is 323 g/mol. The Morgan fingerprint density at radius 3 is 3.12 bits per heavy atom. The maximum absolute atomic E-state index is 12.1. The average Bonchev–Trinajstić information content (AvgIpc) is 3.08. The summed E-state index contributed by atoms with van der Waals surface area (Å²) in [5, 5.41) is 13.7. The molecule has 1 aromatic carbocycles. The van der Waals surface area contributed by atoms with Crippen LogP contribution in [0.2, 0.25) is 0 Å². The van der Waals surface area contributed by atoms with Crippen molar-refractivity contribution in [2.24, 2.45) is 0 Å². The number of H-pyrrole nitrogens is 1. The molecule has 0 aliphatic heterocycles. The van der Waals surface area contributed by atoms with Crippen LogP contribution in [0.1, 0.15) is 47.3 Å². The molecule has 0 unspecified atom stereocenters. The summed E-state index contributed by atoms with van der Waals surface area (Å²) in [5.74, 6) is 5.88. The number of carbonyl (C=O) groups excluding carboxylic acids is 1. The summed E-state index contributed by atoms with van der Waals surface area (Å²) in [7, 11) is 0. The standard InChI is InChI=1S/C19H21N3O2/c1-14-4-2-5-15(10-14)7-9-19(24)8-3-6-16(11-19)22-18(23)17-12-20-13-21-17/h2,4-5,10,12-13,16,24H,3,6,8,11H2,1H3,(H,20,21)(H,22,23)/t16-,19+/m1/s1. The van der Waals surface area contributed by atoms with E-state index in [9.17, 15) is 9.90 Å². The van der Waals surface area contributed by atoms with Crippen molar-refractivity contribution in [1.29, 1.82) is 0 Å². The number of aromatic amines is 1. The number of nitrogens with one attached hydrogen (secondary N) is 2. The lowest BCUT2D eigenvalue weighted by Gasteiger charge is -2.33. The van der Waals surface area contributed by atoms with Crippen molar-refractivity contribution >= 4 is 5.91 Å². The lowest BCUT2D eigenvalue weighted by molar-refractivity contribution is 0.0451. The highest BCUT2D eigenvalue weighted by atomic mass is 16.3. The zero-order chi connectivity index (χ0) is 17.0. The van der Waals surface area contributed by atoms with Gasteiger partial charge in [0.25, 0.3) is 5.91 Å². The van der Waals surface area contributed by atoms with Gasteiger partial charge in [0.2, 0.25) is 0 Å². The van der Waals surface area contributed by atoms with Crippen LogP contribution in [0.5, 0.6) is 0 Å². The molecule has 0 bridgehead atoms. The molecule has 1 saturated carbocycles. The predicted octanol–water partition coefficient (Wildman–Crippen LogP) is 2.17. The fourth-order valence-corrected chi connectivity index (χ4v) is 3.04. The number of aliphatic hydroxyl groups is 1. The Bertz CT molecular complexity index is 773. The lowest BCUT2D eigenvalue weighted by atomic mass is 9.82. The lowest BCUT2D eigenvalue weighted by Crippen LogP contribution is -2.45. The number of aryl methyl sites for hydroxylation is 1. The Morgan fingerprint density at radius 2 is 2.38 bits per heavy atom. The molecule has 24 heavy (non-hydrogen) atoms. The van der Waals surface area contributed by atoms with E-state index in [1.165, 1.54) is 12.5 Å². The Kier molecular flexibility index (Phi) is 4.68. The molecule has 3 rings (SSSR count). The van der Waals surface area contributed by atoms with Crippen molar-refractivity contribution in [3.05, 3.63) is 53.6 Å². The summed E-state index contributed by atoms with van der Waals surface area (Å²) in [6.07, 6.45) is 5.69. The minimum atomic E-state index is -1.06. The SMILES string of the molecule is Cc1cccc(C#C[C@@]2(O)CCC[C@@H](NC(=O)c3cnc[nH]3)C2)c1. The number of rotatable bonds is 2. The number of imidazole rings is 1. The van der Waals surface area contributed by atoms with Gasteiger partial charge in [-0.15, -0.1) is 0 Å². The fourth-order valence-electron chi connectivity index (χ4n) is 3.04. The van der Waals surface area contributed by atoms with E-state index in [0.29, 0.717) is 18.5 Å². The van der Waals surface area contributed by atoms with E-state index in [1.54, 1.807) is 0 Å². The van der Waals surface area contributed by atoms with E-state index >= 15 is 0 Å². The van der Waals surface area contributed by atoms with Crippen LogP contribution in [-0.2, 0) is 0 Å². The van der Waals surface area contributed by atoms with Crippen molar-refractivity contribution in [3.63, 3.8) is 0 Å². The highest BCUT2D eigenvalue weighted by Crippen LogP contribution is 2.28. The molecular formula is C19H21N3O2. The molecule has 3 N–H and O–H groups in total. The Hall–Kier alpha value is -2.58. The van der Waals surface area contributed by atoms with Crippen molar-refractivity contribution < 1.29 is 9.90 Å². The highest BCUT2D eigenvalue weighted by Gasteiger charge is 2.33. The van der Waals surface area contributed by atoms with E-state index in [-0.39, 0.29) is 11.9 Å². The zero-order valence-corrected chi connectivity index (χ0v) is 13.7.